The summed E-state index contributed by atoms with van der Waals surface area (Å²) in [6.07, 6.45) is 0. The topological polar surface area (TPSA) is 54.7 Å². The van der Waals surface area contributed by atoms with E-state index in [1.54, 1.807) is 11.3 Å². The average molecular weight is 193 g/mol. The number of hydrogen-bond acceptors (Lipinski definition) is 3. The Balaban J connectivity index is 2.46. The normalized spacial score (nSPS) is 10.6. The van der Waals surface area contributed by atoms with Gasteiger partial charge in [0.2, 0.25) is 0 Å². The number of nitrogens with two attached hydrogens (primary N) is 1. The van der Waals surface area contributed by atoms with Crippen molar-refractivity contribution < 1.29 is 0 Å². The Morgan fingerprint density at radius 2 is 2.46 bits per heavy atom. The summed E-state index contributed by atoms with van der Waals surface area (Å²) < 4.78 is 0. The SMILES string of the molecule is Cc1[nH]c(CN)nc1-c1cccs1. The smallest absolute Gasteiger partial charge is 0.120 e. The van der Waals surface area contributed by atoms with Gasteiger partial charge in [-0.1, -0.05) is 6.07 Å². The molecular formula is C9H11N3S. The summed E-state index contributed by atoms with van der Waals surface area (Å²) in [5.41, 5.74) is 7.60. The van der Waals surface area contributed by atoms with Crippen molar-refractivity contribution in [3.8, 4) is 10.6 Å². The van der Waals surface area contributed by atoms with E-state index >= 15 is 0 Å². The predicted molar refractivity (Wildman–Crippen MR) is 54.5 cm³/mol. The minimum absolute atomic E-state index is 0.464. The number of hydrogen-bond donors (Lipinski definition) is 2. The van der Waals surface area contributed by atoms with Gasteiger partial charge in [-0.3, -0.25) is 0 Å². The third-order valence-electron chi connectivity index (χ3n) is 1.88. The first kappa shape index (κ1) is 8.47. The van der Waals surface area contributed by atoms with Gasteiger partial charge in [0.15, 0.2) is 0 Å². The Morgan fingerprint density at radius 1 is 1.62 bits per heavy atom. The summed E-state index contributed by atoms with van der Waals surface area (Å²) in [6, 6.07) is 4.09. The van der Waals surface area contributed by atoms with Crippen molar-refractivity contribution in [2.75, 3.05) is 0 Å². The van der Waals surface area contributed by atoms with Crippen molar-refractivity contribution in [3.05, 3.63) is 29.0 Å². The summed E-state index contributed by atoms with van der Waals surface area (Å²) in [6.45, 7) is 2.48. The molecule has 0 radical (unpaired) electrons. The standard InChI is InChI=1S/C9H11N3S/c1-6-9(7-3-2-4-13-7)12-8(5-10)11-6/h2-4H,5,10H2,1H3,(H,11,12). The molecule has 2 aromatic rings. The Labute approximate surface area is 80.6 Å². The van der Waals surface area contributed by atoms with Gasteiger partial charge >= 0.3 is 0 Å². The minimum Gasteiger partial charge on any atom is -0.344 e. The van der Waals surface area contributed by atoms with Gasteiger partial charge in [-0.15, -0.1) is 11.3 Å². The number of aromatic amines is 1. The maximum absolute atomic E-state index is 5.50. The molecule has 2 aromatic heterocycles. The molecule has 0 aliphatic heterocycles. The van der Waals surface area contributed by atoms with Crippen LogP contribution in [0.15, 0.2) is 17.5 Å². The van der Waals surface area contributed by atoms with Crippen LogP contribution in [0, 0.1) is 6.92 Å². The van der Waals surface area contributed by atoms with Crippen LogP contribution in [0.25, 0.3) is 10.6 Å². The largest absolute Gasteiger partial charge is 0.344 e. The first-order chi connectivity index (χ1) is 6.31. The van der Waals surface area contributed by atoms with Gasteiger partial charge < -0.3 is 10.7 Å². The van der Waals surface area contributed by atoms with Crippen LogP contribution in [0.5, 0.6) is 0 Å². The highest BCUT2D eigenvalue weighted by Crippen LogP contribution is 2.25. The zero-order valence-corrected chi connectivity index (χ0v) is 8.19. The molecule has 13 heavy (non-hydrogen) atoms. The van der Waals surface area contributed by atoms with Gasteiger partial charge in [0.05, 0.1) is 11.4 Å². The first-order valence-electron chi connectivity index (χ1n) is 4.10. The average Bonchev–Trinajstić information content (AvgIpc) is 2.72. The highest BCUT2D eigenvalue weighted by molar-refractivity contribution is 7.13. The summed E-state index contributed by atoms with van der Waals surface area (Å²) >= 11 is 1.69. The van der Waals surface area contributed by atoms with Gasteiger partial charge in [-0.2, -0.15) is 0 Å². The second-order valence-corrected chi connectivity index (χ2v) is 3.79. The highest BCUT2D eigenvalue weighted by atomic mass is 32.1. The fraction of sp³-hybridized carbons (Fsp3) is 0.222. The van der Waals surface area contributed by atoms with E-state index < -0.39 is 0 Å². The third kappa shape index (κ3) is 1.50. The van der Waals surface area contributed by atoms with Crippen molar-refractivity contribution >= 4 is 11.3 Å². The van der Waals surface area contributed by atoms with Gasteiger partial charge in [-0.25, -0.2) is 4.98 Å². The summed E-state index contributed by atoms with van der Waals surface area (Å²) in [4.78, 5) is 8.74. The molecule has 0 spiro atoms. The number of nitrogens with one attached hydrogen (secondary N) is 1. The minimum atomic E-state index is 0.464. The maximum Gasteiger partial charge on any atom is 0.120 e. The maximum atomic E-state index is 5.50. The fourth-order valence-corrected chi connectivity index (χ4v) is 2.04. The molecule has 2 heterocycles. The first-order valence-corrected chi connectivity index (χ1v) is 4.98. The van der Waals surface area contributed by atoms with E-state index in [4.69, 9.17) is 5.73 Å². The molecule has 0 aliphatic rings. The number of thiophene rings is 1. The second kappa shape index (κ2) is 3.32. The van der Waals surface area contributed by atoms with Crippen molar-refractivity contribution in [3.63, 3.8) is 0 Å². The highest BCUT2D eigenvalue weighted by Gasteiger charge is 2.07. The molecule has 2 rings (SSSR count). The molecule has 0 atom stereocenters. The molecule has 0 saturated heterocycles. The van der Waals surface area contributed by atoms with Gasteiger partial charge in [0, 0.05) is 5.69 Å². The molecule has 0 bridgehead atoms. The molecule has 0 aromatic carbocycles. The van der Waals surface area contributed by atoms with Crippen LogP contribution in [0.1, 0.15) is 11.5 Å². The molecule has 0 aliphatic carbocycles. The molecule has 3 N–H and O–H groups in total. The lowest BCUT2D eigenvalue weighted by atomic mass is 10.3. The third-order valence-corrected chi connectivity index (χ3v) is 2.76. The quantitative estimate of drug-likeness (QED) is 0.765. The van der Waals surface area contributed by atoms with Gasteiger partial charge in [0.1, 0.15) is 11.5 Å². The molecule has 0 unspecified atom stereocenters. The van der Waals surface area contributed by atoms with E-state index in [0.29, 0.717) is 6.54 Å². The zero-order valence-electron chi connectivity index (χ0n) is 7.37. The van der Waals surface area contributed by atoms with E-state index in [1.807, 2.05) is 18.4 Å². The second-order valence-electron chi connectivity index (χ2n) is 2.84. The molecule has 0 saturated carbocycles. The molecule has 0 fully saturated rings. The Morgan fingerprint density at radius 3 is 3.00 bits per heavy atom. The Kier molecular flexibility index (Phi) is 2.16. The van der Waals surface area contributed by atoms with Crippen molar-refractivity contribution in [2.24, 2.45) is 5.73 Å². The van der Waals surface area contributed by atoms with Crippen LogP contribution in [-0.2, 0) is 6.54 Å². The lowest BCUT2D eigenvalue weighted by molar-refractivity contribution is 0.944. The molecule has 68 valence electrons. The van der Waals surface area contributed by atoms with Crippen LogP contribution >= 0.6 is 11.3 Å². The molecular weight excluding hydrogens is 182 g/mol. The van der Waals surface area contributed by atoms with Crippen LogP contribution in [0.4, 0.5) is 0 Å². The van der Waals surface area contributed by atoms with E-state index in [0.717, 1.165) is 17.2 Å². The van der Waals surface area contributed by atoms with E-state index in [-0.39, 0.29) is 0 Å². The Hall–Kier alpha value is -1.13. The lowest BCUT2D eigenvalue weighted by Gasteiger charge is -1.90. The summed E-state index contributed by atoms with van der Waals surface area (Å²) in [5.74, 6) is 0.848. The number of nitrogens with zero attached hydrogens (tertiary/aromatic N) is 1. The van der Waals surface area contributed by atoms with Crippen LogP contribution in [0.2, 0.25) is 0 Å². The van der Waals surface area contributed by atoms with Crippen LogP contribution in [-0.4, -0.2) is 9.97 Å². The van der Waals surface area contributed by atoms with E-state index in [2.05, 4.69) is 16.0 Å². The number of aryl methyl sites for hydroxylation is 1. The van der Waals surface area contributed by atoms with E-state index in [9.17, 15) is 0 Å². The number of rotatable bonds is 2. The van der Waals surface area contributed by atoms with Gasteiger partial charge in [-0.05, 0) is 18.4 Å². The van der Waals surface area contributed by atoms with Crippen LogP contribution < -0.4 is 5.73 Å². The van der Waals surface area contributed by atoms with Crippen LogP contribution in [0.3, 0.4) is 0 Å². The molecule has 0 amide bonds. The van der Waals surface area contributed by atoms with Crippen molar-refractivity contribution in [1.82, 2.24) is 9.97 Å². The number of imidazole rings is 1. The van der Waals surface area contributed by atoms with E-state index in [1.165, 1.54) is 4.88 Å². The fourth-order valence-electron chi connectivity index (χ4n) is 1.27. The molecule has 4 heteroatoms. The lowest BCUT2D eigenvalue weighted by Crippen LogP contribution is -1.97. The summed E-state index contributed by atoms with van der Waals surface area (Å²) in [7, 11) is 0. The summed E-state index contributed by atoms with van der Waals surface area (Å²) in [5, 5.41) is 2.05. The molecule has 3 nitrogen and oxygen atoms in total. The number of H-pyrrole nitrogens is 1. The monoisotopic (exact) mass is 193 g/mol. The van der Waals surface area contributed by atoms with Crippen molar-refractivity contribution in [2.45, 2.75) is 13.5 Å². The number of aromatic nitrogens is 2. The van der Waals surface area contributed by atoms with Crippen molar-refractivity contribution in [1.29, 1.82) is 0 Å². The predicted octanol–water partition coefficient (Wildman–Crippen LogP) is 1.91. The zero-order chi connectivity index (χ0) is 9.26. The van der Waals surface area contributed by atoms with Gasteiger partial charge in [0.25, 0.3) is 0 Å². The Bertz CT molecular complexity index is 389.